The highest BCUT2D eigenvalue weighted by atomic mass is 16.7. The first-order chi connectivity index (χ1) is 13.3. The van der Waals surface area contributed by atoms with Gasteiger partial charge >= 0.3 is 0 Å². The van der Waals surface area contributed by atoms with Crippen molar-refractivity contribution in [3.05, 3.63) is 71.8 Å². The molecule has 0 spiro atoms. The maximum atomic E-state index is 6.27. The average molecular weight is 367 g/mol. The minimum absolute atomic E-state index is 0.263. The second kappa shape index (κ2) is 7.05. The number of rotatable bonds is 3. The molecule has 0 aliphatic carbocycles. The molecular formula is C21H21NO5. The van der Waals surface area contributed by atoms with E-state index in [2.05, 4.69) is 0 Å². The van der Waals surface area contributed by atoms with Gasteiger partial charge in [0.2, 0.25) is 5.90 Å². The molecule has 6 heteroatoms. The van der Waals surface area contributed by atoms with Crippen LogP contribution in [0.2, 0.25) is 0 Å². The minimum atomic E-state index is -0.488. The first-order valence-corrected chi connectivity index (χ1v) is 9.13. The summed E-state index contributed by atoms with van der Waals surface area (Å²) in [7, 11) is 1.62. The summed E-state index contributed by atoms with van der Waals surface area (Å²) in [5.74, 6) is 0.600. The van der Waals surface area contributed by atoms with Crippen molar-refractivity contribution in [2.75, 3.05) is 13.7 Å². The Labute approximate surface area is 157 Å². The highest BCUT2D eigenvalue weighted by molar-refractivity contribution is 5.95. The molecule has 0 unspecified atom stereocenters. The summed E-state index contributed by atoms with van der Waals surface area (Å²) < 4.78 is 30.0. The van der Waals surface area contributed by atoms with Gasteiger partial charge in [0.1, 0.15) is 18.2 Å². The van der Waals surface area contributed by atoms with Crippen LogP contribution < -0.4 is 0 Å². The summed E-state index contributed by atoms with van der Waals surface area (Å²) in [6.07, 6.45) is -1.76. The Morgan fingerprint density at radius 1 is 0.926 bits per heavy atom. The molecule has 2 aromatic rings. The molecule has 0 amide bonds. The van der Waals surface area contributed by atoms with Gasteiger partial charge in [-0.15, -0.1) is 0 Å². The fourth-order valence-electron chi connectivity index (χ4n) is 3.82. The van der Waals surface area contributed by atoms with Gasteiger partial charge in [-0.1, -0.05) is 48.5 Å². The number of methoxy groups -OCH3 is 1. The third kappa shape index (κ3) is 3.04. The zero-order valence-electron chi connectivity index (χ0n) is 14.9. The lowest BCUT2D eigenvalue weighted by molar-refractivity contribution is -0.333. The Kier molecular flexibility index (Phi) is 4.41. The van der Waals surface area contributed by atoms with E-state index in [9.17, 15) is 0 Å². The molecule has 2 fully saturated rings. The third-order valence-electron chi connectivity index (χ3n) is 5.15. The Morgan fingerprint density at radius 3 is 2.41 bits per heavy atom. The molecule has 0 saturated carbocycles. The molecule has 5 rings (SSSR count). The third-order valence-corrected chi connectivity index (χ3v) is 5.15. The van der Waals surface area contributed by atoms with Gasteiger partial charge in [-0.2, -0.15) is 0 Å². The Morgan fingerprint density at radius 2 is 1.67 bits per heavy atom. The van der Waals surface area contributed by atoms with E-state index in [0.717, 1.165) is 11.1 Å². The first-order valence-electron chi connectivity index (χ1n) is 9.13. The number of ether oxygens (including phenoxy) is 5. The lowest BCUT2D eigenvalue weighted by Gasteiger charge is -2.45. The highest BCUT2D eigenvalue weighted by Crippen LogP contribution is 2.39. The molecule has 3 aliphatic heterocycles. The van der Waals surface area contributed by atoms with Crippen molar-refractivity contribution in [2.45, 2.75) is 36.9 Å². The van der Waals surface area contributed by atoms with Crippen molar-refractivity contribution in [3.8, 4) is 0 Å². The van der Waals surface area contributed by atoms with Gasteiger partial charge in [0, 0.05) is 18.2 Å². The van der Waals surface area contributed by atoms with Crippen LogP contribution in [-0.2, 0) is 23.7 Å². The van der Waals surface area contributed by atoms with Gasteiger partial charge in [0.05, 0.1) is 6.61 Å². The van der Waals surface area contributed by atoms with Crippen molar-refractivity contribution in [1.82, 2.24) is 0 Å². The van der Waals surface area contributed by atoms with E-state index < -0.39 is 12.6 Å². The SMILES string of the molecule is CO[C@@H]1O[C@@H]2CO[C@@H](c3ccccc3)O[C@H]2[C@H]2OC(c3ccccc3)=N[C@@H]12. The van der Waals surface area contributed by atoms with Crippen molar-refractivity contribution in [2.24, 2.45) is 4.99 Å². The molecule has 3 aliphatic rings. The molecule has 6 nitrogen and oxygen atoms in total. The van der Waals surface area contributed by atoms with E-state index in [-0.39, 0.29) is 24.4 Å². The minimum Gasteiger partial charge on any atom is -0.469 e. The monoisotopic (exact) mass is 367 g/mol. The average Bonchev–Trinajstić information content (AvgIpc) is 3.20. The summed E-state index contributed by atoms with van der Waals surface area (Å²) in [6.45, 7) is 0.414. The molecular weight excluding hydrogens is 346 g/mol. The van der Waals surface area contributed by atoms with Crippen LogP contribution in [0.15, 0.2) is 65.7 Å². The molecule has 2 aromatic carbocycles. The predicted molar refractivity (Wildman–Crippen MR) is 97.3 cm³/mol. The zero-order valence-corrected chi connectivity index (χ0v) is 14.9. The Balaban J connectivity index is 1.41. The van der Waals surface area contributed by atoms with Crippen molar-refractivity contribution in [3.63, 3.8) is 0 Å². The largest absolute Gasteiger partial charge is 0.469 e. The number of aliphatic imine (C=N–C) groups is 1. The van der Waals surface area contributed by atoms with Crippen LogP contribution >= 0.6 is 0 Å². The molecule has 0 bridgehead atoms. The lowest BCUT2D eigenvalue weighted by Crippen LogP contribution is -2.60. The number of hydrogen-bond donors (Lipinski definition) is 0. The normalized spacial score (nSPS) is 34.9. The molecule has 27 heavy (non-hydrogen) atoms. The van der Waals surface area contributed by atoms with E-state index in [4.69, 9.17) is 28.7 Å². The van der Waals surface area contributed by atoms with Crippen LogP contribution in [0.3, 0.4) is 0 Å². The molecule has 0 aromatic heterocycles. The standard InChI is InChI=1S/C21H21NO5/c1-23-21-16-18(26-19(22-16)13-8-4-2-5-9-13)17-15(25-21)12-24-20(27-17)14-10-6-3-7-11-14/h2-11,15-18,20-21H,12H2,1H3/t15-,16-,17-,18+,20-,21-/m1/s1. The molecule has 0 N–H and O–H groups in total. The Bertz CT molecular complexity index is 812. The summed E-state index contributed by atoms with van der Waals surface area (Å²) in [5.41, 5.74) is 1.91. The van der Waals surface area contributed by atoms with E-state index in [1.165, 1.54) is 0 Å². The molecule has 2 saturated heterocycles. The zero-order chi connectivity index (χ0) is 18.2. The first kappa shape index (κ1) is 16.9. The fraction of sp³-hybridized carbons (Fsp3) is 0.381. The Hall–Kier alpha value is -2.25. The molecule has 6 atom stereocenters. The van der Waals surface area contributed by atoms with E-state index in [1.54, 1.807) is 7.11 Å². The smallest absolute Gasteiger partial charge is 0.217 e. The predicted octanol–water partition coefficient (Wildman–Crippen LogP) is 2.69. The number of hydrogen-bond acceptors (Lipinski definition) is 6. The lowest BCUT2D eigenvalue weighted by atomic mass is 9.96. The topological polar surface area (TPSA) is 58.5 Å². The van der Waals surface area contributed by atoms with Crippen LogP contribution in [0.4, 0.5) is 0 Å². The highest BCUT2D eigenvalue weighted by Gasteiger charge is 2.54. The van der Waals surface area contributed by atoms with E-state index in [1.807, 2.05) is 60.7 Å². The van der Waals surface area contributed by atoms with Crippen molar-refractivity contribution >= 4 is 5.90 Å². The summed E-state index contributed by atoms with van der Waals surface area (Å²) in [6, 6.07) is 19.5. The van der Waals surface area contributed by atoms with Crippen LogP contribution in [0.5, 0.6) is 0 Å². The summed E-state index contributed by atoms with van der Waals surface area (Å²) in [5, 5.41) is 0. The van der Waals surface area contributed by atoms with Gasteiger partial charge in [-0.3, -0.25) is 0 Å². The second-order valence-corrected chi connectivity index (χ2v) is 6.83. The van der Waals surface area contributed by atoms with Gasteiger partial charge < -0.3 is 23.7 Å². The van der Waals surface area contributed by atoms with Crippen LogP contribution in [0.1, 0.15) is 17.4 Å². The maximum absolute atomic E-state index is 6.27. The molecule has 3 heterocycles. The number of benzene rings is 2. The second-order valence-electron chi connectivity index (χ2n) is 6.83. The van der Waals surface area contributed by atoms with Crippen molar-refractivity contribution < 1.29 is 23.7 Å². The fourth-order valence-corrected chi connectivity index (χ4v) is 3.82. The van der Waals surface area contributed by atoms with Crippen molar-refractivity contribution in [1.29, 1.82) is 0 Å². The van der Waals surface area contributed by atoms with Gasteiger partial charge in [-0.25, -0.2) is 4.99 Å². The van der Waals surface area contributed by atoms with Gasteiger partial charge in [-0.05, 0) is 12.1 Å². The molecule has 0 radical (unpaired) electrons. The summed E-state index contributed by atoms with van der Waals surface area (Å²) >= 11 is 0. The number of fused-ring (bicyclic) bond motifs is 3. The van der Waals surface area contributed by atoms with Gasteiger partial charge in [0.15, 0.2) is 18.7 Å². The van der Waals surface area contributed by atoms with Crippen LogP contribution in [0.25, 0.3) is 0 Å². The summed E-state index contributed by atoms with van der Waals surface area (Å²) in [4.78, 5) is 4.74. The van der Waals surface area contributed by atoms with Crippen LogP contribution in [-0.4, -0.2) is 50.3 Å². The van der Waals surface area contributed by atoms with Crippen LogP contribution in [0, 0.1) is 0 Å². The molecule has 140 valence electrons. The maximum Gasteiger partial charge on any atom is 0.217 e. The van der Waals surface area contributed by atoms with E-state index >= 15 is 0 Å². The van der Waals surface area contributed by atoms with E-state index in [0.29, 0.717) is 12.5 Å². The quantitative estimate of drug-likeness (QED) is 0.835. The van der Waals surface area contributed by atoms with Gasteiger partial charge in [0.25, 0.3) is 0 Å². The number of nitrogens with zero attached hydrogens (tertiary/aromatic N) is 1.